The van der Waals surface area contributed by atoms with Crippen LogP contribution in [0.25, 0.3) is 17.1 Å². The lowest BCUT2D eigenvalue weighted by atomic mass is 10.2. The Hall–Kier alpha value is -2.64. The van der Waals surface area contributed by atoms with Crippen molar-refractivity contribution in [1.29, 1.82) is 0 Å². The van der Waals surface area contributed by atoms with Crippen molar-refractivity contribution < 1.29 is 14.6 Å². The zero-order valence-corrected chi connectivity index (χ0v) is 14.0. The molecule has 0 aliphatic heterocycles. The summed E-state index contributed by atoms with van der Waals surface area (Å²) in [6, 6.07) is 7.36. The molecule has 2 heterocycles. The number of ether oxygens (including phenoxy) is 1. The molecule has 0 amide bonds. The monoisotopic (exact) mass is 362 g/mol. The Balaban J connectivity index is 2.09. The Morgan fingerprint density at radius 3 is 2.83 bits per heavy atom. The van der Waals surface area contributed by atoms with Crippen LogP contribution in [0.4, 0.5) is 0 Å². The number of para-hydroxylation sites is 1. The fourth-order valence-corrected chi connectivity index (χ4v) is 3.13. The molecule has 8 heteroatoms. The van der Waals surface area contributed by atoms with Crippen molar-refractivity contribution in [3.63, 3.8) is 0 Å². The maximum atomic E-state index is 12.3. The molecule has 0 radical (unpaired) electrons. The number of thiazole rings is 1. The minimum Gasteiger partial charge on any atom is -0.496 e. The molecule has 24 heavy (non-hydrogen) atoms. The molecular formula is C16H11ClN2O4S. The second kappa shape index (κ2) is 6.46. The molecule has 0 unspecified atom stereocenters. The lowest BCUT2D eigenvalue weighted by Gasteiger charge is -2.03. The number of fused-ring (bicyclic) bond motifs is 1. The highest BCUT2D eigenvalue weighted by atomic mass is 35.5. The molecule has 1 N–H and O–H groups in total. The highest BCUT2D eigenvalue weighted by Crippen LogP contribution is 2.22. The highest BCUT2D eigenvalue weighted by Gasteiger charge is 2.15. The van der Waals surface area contributed by atoms with Gasteiger partial charge in [0.25, 0.3) is 5.56 Å². The van der Waals surface area contributed by atoms with Crippen LogP contribution in [0.15, 0.2) is 35.3 Å². The number of rotatable bonds is 4. The molecule has 6 nitrogen and oxygen atoms in total. The van der Waals surface area contributed by atoms with Gasteiger partial charge in [-0.15, -0.1) is 0 Å². The second-order valence-electron chi connectivity index (χ2n) is 4.74. The van der Waals surface area contributed by atoms with Crippen LogP contribution in [0.5, 0.6) is 5.75 Å². The van der Waals surface area contributed by atoms with Crippen molar-refractivity contribution in [2.24, 2.45) is 0 Å². The van der Waals surface area contributed by atoms with Crippen molar-refractivity contribution in [3.8, 4) is 5.75 Å². The van der Waals surface area contributed by atoms with Gasteiger partial charge < -0.3 is 9.84 Å². The van der Waals surface area contributed by atoms with E-state index in [2.05, 4.69) is 4.98 Å². The third-order valence-electron chi connectivity index (χ3n) is 3.27. The van der Waals surface area contributed by atoms with Gasteiger partial charge in [0.1, 0.15) is 15.6 Å². The van der Waals surface area contributed by atoms with E-state index in [1.165, 1.54) is 6.20 Å². The molecule has 3 aromatic rings. The topological polar surface area (TPSA) is 80.9 Å². The third-order valence-corrected chi connectivity index (χ3v) is 4.60. The Morgan fingerprint density at radius 2 is 2.12 bits per heavy atom. The van der Waals surface area contributed by atoms with E-state index >= 15 is 0 Å². The first kappa shape index (κ1) is 16.2. The maximum absolute atomic E-state index is 12.3. The average Bonchev–Trinajstić information content (AvgIpc) is 3.01. The maximum Gasteiger partial charge on any atom is 0.347 e. The third kappa shape index (κ3) is 2.91. The molecule has 0 saturated carbocycles. The van der Waals surface area contributed by atoms with Gasteiger partial charge in [-0.1, -0.05) is 41.1 Å². The molecule has 0 aliphatic carbocycles. The van der Waals surface area contributed by atoms with Crippen molar-refractivity contribution >= 4 is 46.0 Å². The van der Waals surface area contributed by atoms with E-state index in [1.54, 1.807) is 19.3 Å². The van der Waals surface area contributed by atoms with Crippen molar-refractivity contribution in [2.45, 2.75) is 0 Å². The van der Waals surface area contributed by atoms with Gasteiger partial charge in [-0.05, 0) is 18.2 Å². The number of aromatic nitrogens is 2. The second-order valence-corrected chi connectivity index (χ2v) is 6.13. The Labute approximate surface area is 145 Å². The summed E-state index contributed by atoms with van der Waals surface area (Å²) in [5.41, 5.74) is 0.562. The quantitative estimate of drug-likeness (QED) is 0.770. The Kier molecular flexibility index (Phi) is 4.37. The lowest BCUT2D eigenvalue weighted by molar-refractivity contribution is 0.0702. The molecule has 3 rings (SSSR count). The zero-order chi connectivity index (χ0) is 17.3. The van der Waals surface area contributed by atoms with Gasteiger partial charge in [-0.3, -0.25) is 9.20 Å². The van der Waals surface area contributed by atoms with Gasteiger partial charge in [0.2, 0.25) is 0 Å². The number of methoxy groups -OCH3 is 1. The minimum absolute atomic E-state index is 0.0153. The fourth-order valence-electron chi connectivity index (χ4n) is 2.12. The number of carboxylic acid groups (broad SMARTS) is 1. The van der Waals surface area contributed by atoms with E-state index in [0.717, 1.165) is 21.3 Å². The van der Waals surface area contributed by atoms with Gasteiger partial charge in [0.05, 0.1) is 12.8 Å². The molecule has 0 spiro atoms. The predicted octanol–water partition coefficient (Wildman–Crippen LogP) is 3.29. The molecule has 0 bridgehead atoms. The first-order chi connectivity index (χ1) is 11.5. The molecule has 0 atom stereocenters. The fraction of sp³-hybridized carbons (Fsp3) is 0.0625. The highest BCUT2D eigenvalue weighted by molar-refractivity contribution is 7.18. The minimum atomic E-state index is -1.12. The normalized spacial score (nSPS) is 11.2. The number of hydrogen-bond donors (Lipinski definition) is 1. The molecule has 2 aromatic heterocycles. The van der Waals surface area contributed by atoms with Crippen LogP contribution < -0.4 is 10.3 Å². The average molecular weight is 363 g/mol. The van der Waals surface area contributed by atoms with Gasteiger partial charge in [-0.25, -0.2) is 9.78 Å². The van der Waals surface area contributed by atoms with Gasteiger partial charge in [-0.2, -0.15) is 0 Å². The molecular weight excluding hydrogens is 352 g/mol. The molecule has 0 fully saturated rings. The van der Waals surface area contributed by atoms with Crippen LogP contribution in [0.2, 0.25) is 5.02 Å². The van der Waals surface area contributed by atoms with E-state index in [9.17, 15) is 9.59 Å². The molecule has 0 saturated heterocycles. The number of carboxylic acids is 1. The van der Waals surface area contributed by atoms with Gasteiger partial charge in [0.15, 0.2) is 4.96 Å². The molecule has 1 aromatic carbocycles. The number of nitrogens with zero attached hydrogens (tertiary/aromatic N) is 2. The van der Waals surface area contributed by atoms with Gasteiger partial charge in [0, 0.05) is 11.8 Å². The van der Waals surface area contributed by atoms with Crippen LogP contribution in [0.3, 0.4) is 0 Å². The Morgan fingerprint density at radius 1 is 1.38 bits per heavy atom. The number of hydrogen-bond acceptors (Lipinski definition) is 5. The van der Waals surface area contributed by atoms with E-state index in [1.807, 2.05) is 24.3 Å². The molecule has 122 valence electrons. The molecule has 0 aliphatic rings. The predicted molar refractivity (Wildman–Crippen MR) is 93.2 cm³/mol. The summed E-state index contributed by atoms with van der Waals surface area (Å²) < 4.78 is 6.39. The summed E-state index contributed by atoms with van der Waals surface area (Å²) in [6.07, 6.45) is 4.55. The van der Waals surface area contributed by atoms with Crippen molar-refractivity contribution in [3.05, 3.63) is 62.0 Å². The van der Waals surface area contributed by atoms with Gasteiger partial charge >= 0.3 is 5.97 Å². The van der Waals surface area contributed by atoms with Crippen molar-refractivity contribution in [1.82, 2.24) is 9.38 Å². The van der Waals surface area contributed by atoms with Crippen LogP contribution in [0, 0.1) is 0 Å². The van der Waals surface area contributed by atoms with Crippen LogP contribution >= 0.6 is 22.9 Å². The lowest BCUT2D eigenvalue weighted by Crippen LogP contribution is -2.14. The van der Waals surface area contributed by atoms with Crippen LogP contribution in [-0.4, -0.2) is 27.6 Å². The van der Waals surface area contributed by atoms with Crippen molar-refractivity contribution in [2.75, 3.05) is 7.11 Å². The number of benzene rings is 1. The van der Waals surface area contributed by atoms with Crippen LogP contribution in [-0.2, 0) is 0 Å². The summed E-state index contributed by atoms with van der Waals surface area (Å²) in [6.45, 7) is 0. The van der Waals surface area contributed by atoms with Crippen LogP contribution in [0.1, 0.15) is 20.9 Å². The summed E-state index contributed by atoms with van der Waals surface area (Å²) in [4.78, 5) is 27.9. The zero-order valence-electron chi connectivity index (χ0n) is 12.4. The number of halogens is 1. The Bertz CT molecular complexity index is 1020. The first-order valence-corrected chi connectivity index (χ1v) is 7.97. The summed E-state index contributed by atoms with van der Waals surface area (Å²) >= 11 is 6.99. The van der Waals surface area contributed by atoms with E-state index in [-0.39, 0.29) is 20.6 Å². The largest absolute Gasteiger partial charge is 0.496 e. The van der Waals surface area contributed by atoms with E-state index in [0.29, 0.717) is 5.75 Å². The first-order valence-electron chi connectivity index (χ1n) is 6.77. The standard InChI is InChI=1S/C16H11ClN2O4S/c1-23-11-5-3-2-4-9(11)6-7-10-13(17)14(20)19-8-12(15(21)22)24-16(19)18-10/h2-8H,1H3,(H,21,22). The smallest absolute Gasteiger partial charge is 0.347 e. The summed E-state index contributed by atoms with van der Waals surface area (Å²) in [5.74, 6) is -0.445. The number of aromatic carboxylic acids is 1. The summed E-state index contributed by atoms with van der Waals surface area (Å²) in [7, 11) is 1.56. The van der Waals surface area contributed by atoms with E-state index < -0.39 is 11.5 Å². The number of carbonyl (C=O) groups is 1. The van der Waals surface area contributed by atoms with E-state index in [4.69, 9.17) is 21.4 Å². The SMILES string of the molecule is COc1ccccc1C=Cc1nc2sc(C(=O)O)cn2c(=O)c1Cl. The summed E-state index contributed by atoms with van der Waals surface area (Å²) in [5, 5.41) is 8.96.